The molecular formula is C24H40N2O3. The van der Waals surface area contributed by atoms with Gasteiger partial charge in [0.1, 0.15) is 6.61 Å². The first kappa shape index (κ1) is 25.1. The van der Waals surface area contributed by atoms with E-state index in [1.807, 2.05) is 12.1 Å². The number of carbonyl (C=O) groups is 1. The largest absolute Gasteiger partial charge is 0.461 e. The van der Waals surface area contributed by atoms with Gasteiger partial charge in [-0.2, -0.15) is 0 Å². The maximum Gasteiger partial charge on any atom is 0.306 e. The third-order valence-corrected chi connectivity index (χ3v) is 5.18. The normalized spacial score (nSPS) is 11.6. The summed E-state index contributed by atoms with van der Waals surface area (Å²) < 4.78 is 5.26. The van der Waals surface area contributed by atoms with E-state index in [1.54, 1.807) is 12.4 Å². The summed E-state index contributed by atoms with van der Waals surface area (Å²) in [4.78, 5) is 15.7. The van der Waals surface area contributed by atoms with Gasteiger partial charge >= 0.3 is 5.97 Å². The first-order valence-electron chi connectivity index (χ1n) is 11.5. The van der Waals surface area contributed by atoms with Gasteiger partial charge in [-0.1, -0.05) is 75.9 Å². The lowest BCUT2D eigenvalue weighted by Crippen LogP contribution is -2.04. The molecule has 0 fully saturated rings. The van der Waals surface area contributed by atoms with Crippen LogP contribution >= 0.6 is 0 Å². The van der Waals surface area contributed by atoms with Crippen molar-refractivity contribution in [2.24, 2.45) is 5.16 Å². The Labute approximate surface area is 177 Å². The lowest BCUT2D eigenvalue weighted by molar-refractivity contribution is -0.145. The minimum Gasteiger partial charge on any atom is -0.461 e. The van der Waals surface area contributed by atoms with Crippen LogP contribution in [0.2, 0.25) is 0 Å². The van der Waals surface area contributed by atoms with Gasteiger partial charge in [0.2, 0.25) is 0 Å². The fourth-order valence-corrected chi connectivity index (χ4v) is 3.36. The smallest absolute Gasteiger partial charge is 0.306 e. The van der Waals surface area contributed by atoms with Crippen LogP contribution in [0.3, 0.4) is 0 Å². The standard InChI is InChI=1S/C24H40N2O3/c1-2-3-4-11-16-23(26-28)17-12-9-7-5-6-8-10-13-18-24(27)29-21-22-15-14-19-25-20-22/h14-15,19-20,28H,2-13,16-18,21H2,1H3. The van der Waals surface area contributed by atoms with Crippen molar-refractivity contribution in [2.75, 3.05) is 0 Å². The Morgan fingerprint density at radius 2 is 1.52 bits per heavy atom. The number of nitrogens with zero attached hydrogens (tertiary/aromatic N) is 2. The molecule has 0 amide bonds. The molecular weight excluding hydrogens is 364 g/mol. The second-order valence-electron chi connectivity index (χ2n) is 7.83. The van der Waals surface area contributed by atoms with Crippen LogP contribution in [0.1, 0.15) is 109 Å². The van der Waals surface area contributed by atoms with E-state index in [-0.39, 0.29) is 5.97 Å². The molecule has 5 heteroatoms. The average molecular weight is 405 g/mol. The van der Waals surface area contributed by atoms with E-state index >= 15 is 0 Å². The van der Waals surface area contributed by atoms with Crippen LogP contribution in [0.25, 0.3) is 0 Å². The Morgan fingerprint density at radius 3 is 2.07 bits per heavy atom. The van der Waals surface area contributed by atoms with Crippen molar-refractivity contribution in [1.29, 1.82) is 0 Å². The summed E-state index contributed by atoms with van der Waals surface area (Å²) in [5, 5.41) is 12.6. The van der Waals surface area contributed by atoms with Gasteiger partial charge in [0, 0.05) is 24.4 Å². The molecule has 0 radical (unpaired) electrons. The summed E-state index contributed by atoms with van der Waals surface area (Å²) in [7, 11) is 0. The lowest BCUT2D eigenvalue weighted by atomic mass is 10.0. The third kappa shape index (κ3) is 14.7. The molecule has 1 rings (SSSR count). The van der Waals surface area contributed by atoms with Crippen LogP contribution in [0.15, 0.2) is 29.7 Å². The Kier molecular flexibility index (Phi) is 15.7. The molecule has 164 valence electrons. The molecule has 0 aromatic carbocycles. The van der Waals surface area contributed by atoms with Crippen molar-refractivity contribution in [2.45, 2.75) is 110 Å². The zero-order valence-corrected chi connectivity index (χ0v) is 18.3. The van der Waals surface area contributed by atoms with Crippen molar-refractivity contribution in [3.8, 4) is 0 Å². The summed E-state index contributed by atoms with van der Waals surface area (Å²) in [6.07, 6.45) is 19.9. The molecule has 0 aliphatic heterocycles. The summed E-state index contributed by atoms with van der Waals surface area (Å²) >= 11 is 0. The molecule has 1 aromatic rings. The zero-order valence-electron chi connectivity index (χ0n) is 18.3. The molecule has 29 heavy (non-hydrogen) atoms. The van der Waals surface area contributed by atoms with E-state index in [0.29, 0.717) is 13.0 Å². The fourth-order valence-electron chi connectivity index (χ4n) is 3.36. The third-order valence-electron chi connectivity index (χ3n) is 5.18. The first-order valence-corrected chi connectivity index (χ1v) is 11.5. The lowest BCUT2D eigenvalue weighted by Gasteiger charge is -2.06. The van der Waals surface area contributed by atoms with Gasteiger partial charge in [-0.3, -0.25) is 9.78 Å². The predicted molar refractivity (Wildman–Crippen MR) is 118 cm³/mol. The Morgan fingerprint density at radius 1 is 0.931 bits per heavy atom. The molecule has 0 atom stereocenters. The summed E-state index contributed by atoms with van der Waals surface area (Å²) in [5.74, 6) is -0.120. The van der Waals surface area contributed by atoms with E-state index in [2.05, 4.69) is 17.1 Å². The summed E-state index contributed by atoms with van der Waals surface area (Å²) in [6, 6.07) is 3.75. The maximum absolute atomic E-state index is 11.7. The highest BCUT2D eigenvalue weighted by Gasteiger charge is 2.04. The monoisotopic (exact) mass is 404 g/mol. The van der Waals surface area contributed by atoms with Crippen molar-refractivity contribution >= 4 is 11.7 Å². The molecule has 0 aliphatic carbocycles. The Hall–Kier alpha value is -1.91. The van der Waals surface area contributed by atoms with Crippen molar-refractivity contribution in [3.05, 3.63) is 30.1 Å². The number of pyridine rings is 1. The first-order chi connectivity index (χ1) is 14.3. The minimum atomic E-state index is -0.120. The molecule has 0 spiro atoms. The van der Waals surface area contributed by atoms with E-state index < -0.39 is 0 Å². The van der Waals surface area contributed by atoms with E-state index in [0.717, 1.165) is 49.8 Å². The molecule has 0 aliphatic rings. The minimum absolute atomic E-state index is 0.120. The number of carbonyl (C=O) groups excluding carboxylic acids is 1. The van der Waals surface area contributed by atoms with Crippen LogP contribution in [0, 0.1) is 0 Å². The van der Waals surface area contributed by atoms with Crippen molar-refractivity contribution < 1.29 is 14.7 Å². The van der Waals surface area contributed by atoms with Crippen LogP contribution in [0.4, 0.5) is 0 Å². The fraction of sp³-hybridized carbons (Fsp3) is 0.708. The Balaban J connectivity index is 1.87. The average Bonchev–Trinajstić information content (AvgIpc) is 2.75. The van der Waals surface area contributed by atoms with E-state index in [9.17, 15) is 4.79 Å². The van der Waals surface area contributed by atoms with Crippen LogP contribution in [-0.2, 0) is 16.1 Å². The van der Waals surface area contributed by atoms with Gasteiger partial charge in [-0.05, 0) is 38.2 Å². The highest BCUT2D eigenvalue weighted by atomic mass is 16.5. The Bertz CT molecular complexity index is 546. The molecule has 1 heterocycles. The number of esters is 1. The second kappa shape index (κ2) is 18.1. The van der Waals surface area contributed by atoms with Crippen LogP contribution in [-0.4, -0.2) is 21.9 Å². The summed E-state index contributed by atoms with van der Waals surface area (Å²) in [5.41, 5.74) is 1.89. The van der Waals surface area contributed by atoms with Gasteiger partial charge in [-0.15, -0.1) is 0 Å². The van der Waals surface area contributed by atoms with Gasteiger partial charge < -0.3 is 9.94 Å². The number of hydrogen-bond donors (Lipinski definition) is 1. The van der Waals surface area contributed by atoms with E-state index in [4.69, 9.17) is 9.94 Å². The van der Waals surface area contributed by atoms with Crippen LogP contribution < -0.4 is 0 Å². The van der Waals surface area contributed by atoms with Crippen molar-refractivity contribution in [1.82, 2.24) is 4.98 Å². The molecule has 0 saturated heterocycles. The number of rotatable bonds is 18. The molecule has 0 bridgehead atoms. The van der Waals surface area contributed by atoms with Gasteiger partial charge in [0.15, 0.2) is 0 Å². The van der Waals surface area contributed by atoms with Gasteiger partial charge in [0.25, 0.3) is 0 Å². The topological polar surface area (TPSA) is 71.8 Å². The SMILES string of the molecule is CCCCCCC(CCCCCCCCCCC(=O)OCc1cccnc1)=NO. The van der Waals surface area contributed by atoms with E-state index in [1.165, 1.54) is 51.4 Å². The number of ether oxygens (including phenoxy) is 1. The van der Waals surface area contributed by atoms with Gasteiger partial charge in [-0.25, -0.2) is 0 Å². The summed E-state index contributed by atoms with van der Waals surface area (Å²) in [6.45, 7) is 2.52. The predicted octanol–water partition coefficient (Wildman–Crippen LogP) is 6.83. The molecule has 0 unspecified atom stereocenters. The number of unbranched alkanes of at least 4 members (excludes halogenated alkanes) is 10. The molecule has 1 N–H and O–H groups in total. The second-order valence-corrected chi connectivity index (χ2v) is 7.83. The van der Waals surface area contributed by atoms with Crippen LogP contribution in [0.5, 0.6) is 0 Å². The quantitative estimate of drug-likeness (QED) is 0.0957. The number of oxime groups is 1. The zero-order chi connectivity index (χ0) is 21.0. The number of aromatic nitrogens is 1. The van der Waals surface area contributed by atoms with Crippen molar-refractivity contribution in [3.63, 3.8) is 0 Å². The molecule has 0 saturated carbocycles. The molecule has 5 nitrogen and oxygen atoms in total. The highest BCUT2D eigenvalue weighted by Crippen LogP contribution is 2.13. The molecule has 1 aromatic heterocycles. The number of hydrogen-bond acceptors (Lipinski definition) is 5. The maximum atomic E-state index is 11.7. The highest BCUT2D eigenvalue weighted by molar-refractivity contribution is 5.83. The van der Waals surface area contributed by atoms with Gasteiger partial charge in [0.05, 0.1) is 5.71 Å².